The van der Waals surface area contributed by atoms with Gasteiger partial charge in [0.25, 0.3) is 0 Å². The maximum Gasteiger partial charge on any atom is 0.387 e. The van der Waals surface area contributed by atoms with E-state index in [1.807, 2.05) is 6.92 Å². The van der Waals surface area contributed by atoms with E-state index in [0.717, 1.165) is 0 Å². The molecule has 0 heterocycles. The van der Waals surface area contributed by atoms with Gasteiger partial charge < -0.3 is 20.1 Å². The van der Waals surface area contributed by atoms with Gasteiger partial charge in [0, 0.05) is 18.7 Å². The Morgan fingerprint density at radius 3 is 2.60 bits per heavy atom. The van der Waals surface area contributed by atoms with Crippen LogP contribution in [0.15, 0.2) is 23.2 Å². The molecule has 1 aromatic rings. The standard InChI is InChI=1S/C16H24F3N3O2.HI/c1-3-20-16(21-10-6-9-17)22-11-12-7-5-8-13(23-4-2)14(12)24-15(18)19;/h5,7-8,15H,3-4,6,9-11H2,1-2H3,(H2,20,21,22);1H. The molecule has 0 aromatic heterocycles. The van der Waals surface area contributed by atoms with E-state index in [-0.39, 0.29) is 42.0 Å². The molecule has 2 N–H and O–H groups in total. The van der Waals surface area contributed by atoms with E-state index in [4.69, 9.17) is 4.74 Å². The Labute approximate surface area is 163 Å². The first-order valence-electron chi connectivity index (χ1n) is 7.90. The van der Waals surface area contributed by atoms with Gasteiger partial charge in [0.15, 0.2) is 17.5 Å². The van der Waals surface area contributed by atoms with Crippen molar-refractivity contribution in [2.24, 2.45) is 4.99 Å². The maximum absolute atomic E-state index is 12.7. The third kappa shape index (κ3) is 9.03. The van der Waals surface area contributed by atoms with Gasteiger partial charge in [0.1, 0.15) is 0 Å². The normalized spacial score (nSPS) is 11.0. The van der Waals surface area contributed by atoms with E-state index in [1.165, 1.54) is 0 Å². The minimum Gasteiger partial charge on any atom is -0.490 e. The third-order valence-electron chi connectivity index (χ3n) is 2.92. The summed E-state index contributed by atoms with van der Waals surface area (Å²) in [6.45, 7) is 1.79. The second-order valence-corrected chi connectivity index (χ2v) is 4.72. The van der Waals surface area contributed by atoms with Crippen molar-refractivity contribution in [1.82, 2.24) is 10.6 Å². The molecule has 1 rings (SSSR count). The van der Waals surface area contributed by atoms with Gasteiger partial charge in [-0.05, 0) is 26.3 Å². The molecular formula is C16H25F3IN3O2. The number of benzene rings is 1. The molecule has 0 aliphatic heterocycles. The molecule has 144 valence electrons. The molecule has 25 heavy (non-hydrogen) atoms. The number of hydrogen-bond donors (Lipinski definition) is 2. The van der Waals surface area contributed by atoms with Gasteiger partial charge in [0.2, 0.25) is 0 Å². The zero-order valence-corrected chi connectivity index (χ0v) is 16.7. The van der Waals surface area contributed by atoms with Crippen LogP contribution in [0.25, 0.3) is 0 Å². The zero-order chi connectivity index (χ0) is 17.8. The van der Waals surface area contributed by atoms with Crippen molar-refractivity contribution in [2.45, 2.75) is 33.4 Å². The second kappa shape index (κ2) is 13.9. The first-order chi connectivity index (χ1) is 11.6. The Bertz CT molecular complexity index is 519. The lowest BCUT2D eigenvalue weighted by Crippen LogP contribution is -2.37. The van der Waals surface area contributed by atoms with Crippen LogP contribution in [0.2, 0.25) is 0 Å². The lowest BCUT2D eigenvalue weighted by Gasteiger charge is -2.15. The Hall–Kier alpha value is -1.39. The van der Waals surface area contributed by atoms with Crippen LogP contribution in [-0.4, -0.2) is 38.9 Å². The molecule has 0 fully saturated rings. The number of ether oxygens (including phenoxy) is 2. The second-order valence-electron chi connectivity index (χ2n) is 4.72. The summed E-state index contributed by atoms with van der Waals surface area (Å²) in [5, 5.41) is 5.98. The summed E-state index contributed by atoms with van der Waals surface area (Å²) in [5.74, 6) is 0.717. The fourth-order valence-corrected chi connectivity index (χ4v) is 1.96. The summed E-state index contributed by atoms with van der Waals surface area (Å²) in [4.78, 5) is 4.32. The van der Waals surface area contributed by atoms with Crippen LogP contribution in [-0.2, 0) is 6.54 Å². The molecular weight excluding hydrogens is 450 g/mol. The van der Waals surface area contributed by atoms with Gasteiger partial charge in [-0.3, -0.25) is 4.39 Å². The van der Waals surface area contributed by atoms with Crippen molar-refractivity contribution >= 4 is 29.9 Å². The number of aliphatic imine (C=N–C) groups is 1. The number of hydrogen-bond acceptors (Lipinski definition) is 3. The molecule has 0 bridgehead atoms. The highest BCUT2D eigenvalue weighted by atomic mass is 127. The topological polar surface area (TPSA) is 54.9 Å². The van der Waals surface area contributed by atoms with Crippen LogP contribution in [0.5, 0.6) is 11.5 Å². The molecule has 0 unspecified atom stereocenters. The summed E-state index contributed by atoms with van der Waals surface area (Å²) >= 11 is 0. The number of nitrogens with zero attached hydrogens (tertiary/aromatic N) is 1. The highest BCUT2D eigenvalue weighted by Gasteiger charge is 2.15. The molecule has 0 spiro atoms. The number of rotatable bonds is 10. The average Bonchev–Trinajstić information content (AvgIpc) is 2.55. The number of halogens is 4. The molecule has 0 saturated heterocycles. The Morgan fingerprint density at radius 1 is 1.24 bits per heavy atom. The van der Waals surface area contributed by atoms with Crippen molar-refractivity contribution in [3.05, 3.63) is 23.8 Å². The van der Waals surface area contributed by atoms with Gasteiger partial charge in [-0.2, -0.15) is 8.78 Å². The quantitative estimate of drug-likeness (QED) is 0.235. The summed E-state index contributed by atoms with van der Waals surface area (Å²) < 4.78 is 47.4. The number of alkyl halides is 3. The highest BCUT2D eigenvalue weighted by Crippen LogP contribution is 2.33. The van der Waals surface area contributed by atoms with E-state index < -0.39 is 13.3 Å². The van der Waals surface area contributed by atoms with Crippen LogP contribution in [0.3, 0.4) is 0 Å². The van der Waals surface area contributed by atoms with Crippen molar-refractivity contribution < 1.29 is 22.6 Å². The van der Waals surface area contributed by atoms with Crippen LogP contribution in [0.4, 0.5) is 13.2 Å². The monoisotopic (exact) mass is 475 g/mol. The fraction of sp³-hybridized carbons (Fsp3) is 0.562. The Morgan fingerprint density at radius 2 is 2.00 bits per heavy atom. The van der Waals surface area contributed by atoms with Gasteiger partial charge in [-0.25, -0.2) is 4.99 Å². The summed E-state index contributed by atoms with van der Waals surface area (Å²) in [7, 11) is 0. The molecule has 1 aromatic carbocycles. The predicted octanol–water partition coefficient (Wildman–Crippen LogP) is 3.72. The Kier molecular flexibility index (Phi) is 13.1. The molecule has 0 radical (unpaired) electrons. The van der Waals surface area contributed by atoms with Gasteiger partial charge >= 0.3 is 6.61 Å². The predicted molar refractivity (Wildman–Crippen MR) is 103 cm³/mol. The smallest absolute Gasteiger partial charge is 0.387 e. The number of nitrogens with one attached hydrogen (secondary N) is 2. The van der Waals surface area contributed by atoms with Crippen LogP contribution in [0.1, 0.15) is 25.8 Å². The lowest BCUT2D eigenvalue weighted by molar-refractivity contribution is -0.0520. The number of para-hydroxylation sites is 1. The minimum atomic E-state index is -2.95. The molecule has 9 heteroatoms. The maximum atomic E-state index is 12.7. The first kappa shape index (κ1) is 23.6. The lowest BCUT2D eigenvalue weighted by atomic mass is 10.2. The van der Waals surface area contributed by atoms with E-state index in [2.05, 4.69) is 20.4 Å². The van der Waals surface area contributed by atoms with Gasteiger partial charge in [0.05, 0.1) is 19.8 Å². The SMILES string of the molecule is CCNC(=NCc1cccc(OCC)c1OC(F)F)NCCCF.I. The van der Waals surface area contributed by atoms with Crippen molar-refractivity contribution in [2.75, 3.05) is 26.4 Å². The van der Waals surface area contributed by atoms with Crippen molar-refractivity contribution in [3.8, 4) is 11.5 Å². The third-order valence-corrected chi connectivity index (χ3v) is 2.92. The van der Waals surface area contributed by atoms with Crippen LogP contribution >= 0.6 is 24.0 Å². The first-order valence-corrected chi connectivity index (χ1v) is 7.90. The summed E-state index contributed by atoms with van der Waals surface area (Å²) in [6, 6.07) is 4.91. The summed E-state index contributed by atoms with van der Waals surface area (Å²) in [6.07, 6.45) is 0.365. The fourth-order valence-electron chi connectivity index (χ4n) is 1.96. The van der Waals surface area contributed by atoms with Gasteiger partial charge in [-0.15, -0.1) is 24.0 Å². The molecule has 0 aliphatic rings. The summed E-state index contributed by atoms with van der Waals surface area (Å²) in [5.41, 5.74) is 0.476. The number of guanidine groups is 1. The highest BCUT2D eigenvalue weighted by molar-refractivity contribution is 14.0. The molecule has 0 amide bonds. The van der Waals surface area contributed by atoms with E-state index in [0.29, 0.717) is 37.6 Å². The largest absolute Gasteiger partial charge is 0.490 e. The van der Waals surface area contributed by atoms with E-state index in [1.54, 1.807) is 25.1 Å². The average molecular weight is 475 g/mol. The van der Waals surface area contributed by atoms with Crippen molar-refractivity contribution in [1.29, 1.82) is 0 Å². The van der Waals surface area contributed by atoms with E-state index >= 15 is 0 Å². The van der Waals surface area contributed by atoms with Gasteiger partial charge in [-0.1, -0.05) is 12.1 Å². The molecule has 5 nitrogen and oxygen atoms in total. The zero-order valence-electron chi connectivity index (χ0n) is 14.4. The Balaban J connectivity index is 0.00000576. The molecule has 0 atom stereocenters. The van der Waals surface area contributed by atoms with Crippen LogP contribution < -0.4 is 20.1 Å². The van der Waals surface area contributed by atoms with E-state index in [9.17, 15) is 13.2 Å². The molecule has 0 saturated carbocycles. The molecule has 0 aliphatic carbocycles. The minimum absolute atomic E-state index is 0. The van der Waals surface area contributed by atoms with Crippen LogP contribution in [0, 0.1) is 0 Å². The van der Waals surface area contributed by atoms with Crippen molar-refractivity contribution in [3.63, 3.8) is 0 Å².